The molecule has 5 rings (SSSR count). The fraction of sp³-hybridized carbons (Fsp3) is 0.219. The molecule has 0 saturated carbocycles. The Balaban J connectivity index is 1.27. The van der Waals surface area contributed by atoms with Crippen LogP contribution in [0.25, 0.3) is 22.0 Å². The van der Waals surface area contributed by atoms with Crippen molar-refractivity contribution in [1.29, 1.82) is 0 Å². The molecule has 2 aromatic heterocycles. The highest BCUT2D eigenvalue weighted by molar-refractivity contribution is 6.06. The molecule has 1 aliphatic heterocycles. The molecule has 42 heavy (non-hydrogen) atoms. The van der Waals surface area contributed by atoms with E-state index in [-0.39, 0.29) is 23.5 Å². The fourth-order valence-electron chi connectivity index (χ4n) is 4.81. The summed E-state index contributed by atoms with van der Waals surface area (Å²) in [5.74, 6) is 0.0465. The number of hydrogen-bond acceptors (Lipinski definition) is 7. The number of amides is 1. The number of carbonyl (C=O) groups excluding carboxylic acids is 1. The molecule has 2 aromatic carbocycles. The van der Waals surface area contributed by atoms with Gasteiger partial charge in [0, 0.05) is 48.7 Å². The van der Waals surface area contributed by atoms with Crippen molar-refractivity contribution in [2.24, 2.45) is 5.18 Å². The highest BCUT2D eigenvalue weighted by Crippen LogP contribution is 2.26. The third-order valence-electron chi connectivity index (χ3n) is 7.10. The van der Waals surface area contributed by atoms with Crippen molar-refractivity contribution >= 4 is 16.8 Å². The lowest BCUT2D eigenvalue weighted by Crippen LogP contribution is -2.34. The molecule has 1 amide bonds. The molecule has 3 heterocycles. The third kappa shape index (κ3) is 7.02. The molecular formula is C32H31FN6O3. The zero-order chi connectivity index (χ0) is 29.5. The molecule has 1 fully saturated rings. The molecule has 214 valence electrons. The summed E-state index contributed by atoms with van der Waals surface area (Å²) >= 11 is 0. The molecule has 4 aromatic rings. The Kier molecular flexibility index (Phi) is 8.93. The maximum atomic E-state index is 13.2. The first-order chi connectivity index (χ1) is 20.4. The molecule has 10 heteroatoms. The minimum atomic E-state index is -0.374. The molecule has 0 aliphatic carbocycles. The second-order valence-electron chi connectivity index (χ2n) is 10.1. The first-order valence-electron chi connectivity index (χ1n) is 13.7. The summed E-state index contributed by atoms with van der Waals surface area (Å²) in [6.45, 7) is 8.06. The Labute approximate surface area is 242 Å². The second kappa shape index (κ2) is 13.1. The van der Waals surface area contributed by atoms with Crippen molar-refractivity contribution in [3.8, 4) is 16.9 Å². The van der Waals surface area contributed by atoms with Crippen LogP contribution in [-0.2, 0) is 6.54 Å². The number of carbonyl (C=O) groups is 1. The van der Waals surface area contributed by atoms with Crippen molar-refractivity contribution in [3.05, 3.63) is 119 Å². The number of nitroso groups, excluding NO2 is 1. The number of nitrogens with one attached hydrogen (secondary N) is 2. The summed E-state index contributed by atoms with van der Waals surface area (Å²) in [7, 11) is 0. The third-order valence-corrected chi connectivity index (χ3v) is 7.10. The number of aromatic nitrogens is 3. The van der Waals surface area contributed by atoms with Gasteiger partial charge >= 0.3 is 0 Å². The first kappa shape index (κ1) is 28.6. The van der Waals surface area contributed by atoms with Gasteiger partial charge in [-0.25, -0.2) is 4.39 Å². The number of likely N-dealkylation sites (tertiary alicyclic amines) is 1. The van der Waals surface area contributed by atoms with Gasteiger partial charge in [-0.15, -0.1) is 0 Å². The van der Waals surface area contributed by atoms with Crippen molar-refractivity contribution in [3.63, 3.8) is 0 Å². The lowest BCUT2D eigenvalue weighted by molar-refractivity contribution is 0.0963. The van der Waals surface area contributed by atoms with E-state index in [4.69, 9.17) is 4.74 Å². The van der Waals surface area contributed by atoms with Gasteiger partial charge in [-0.3, -0.25) is 19.8 Å². The summed E-state index contributed by atoms with van der Waals surface area (Å²) in [6.07, 6.45) is 10.2. The lowest BCUT2D eigenvalue weighted by atomic mass is 10.0. The number of ether oxygens (including phenoxy) is 1. The molecular weight excluding hydrogens is 535 g/mol. The van der Waals surface area contributed by atoms with E-state index in [1.165, 1.54) is 24.3 Å². The Morgan fingerprint density at radius 1 is 1.14 bits per heavy atom. The molecule has 0 unspecified atom stereocenters. The SMILES string of the molecule is C=C(/C=C\C(=C/C)NC(=O)c1n[nH]c2ccc(-c3cncc(CN4CCC(N=O)CC4)c3)cc12)Oc1ccc(F)cc1. The number of rotatable bonds is 10. The maximum absolute atomic E-state index is 13.2. The van der Waals surface area contributed by atoms with Crippen LogP contribution in [0.2, 0.25) is 0 Å². The number of piperidine rings is 1. The van der Waals surface area contributed by atoms with E-state index >= 15 is 0 Å². The highest BCUT2D eigenvalue weighted by Gasteiger charge is 2.20. The minimum absolute atomic E-state index is 0.0833. The molecule has 0 radical (unpaired) electrons. The quantitative estimate of drug-likeness (QED) is 0.133. The molecule has 0 spiro atoms. The predicted molar refractivity (Wildman–Crippen MR) is 160 cm³/mol. The smallest absolute Gasteiger partial charge is 0.276 e. The number of halogens is 1. The van der Waals surface area contributed by atoms with Crippen LogP contribution < -0.4 is 10.1 Å². The van der Waals surface area contributed by atoms with Gasteiger partial charge in [0.1, 0.15) is 17.3 Å². The monoisotopic (exact) mass is 566 g/mol. The second-order valence-corrected chi connectivity index (χ2v) is 10.1. The Morgan fingerprint density at radius 3 is 2.67 bits per heavy atom. The van der Waals surface area contributed by atoms with Crippen LogP contribution in [0.3, 0.4) is 0 Å². The van der Waals surface area contributed by atoms with Crippen LogP contribution in [-0.4, -0.2) is 45.1 Å². The van der Waals surface area contributed by atoms with E-state index in [9.17, 15) is 14.1 Å². The van der Waals surface area contributed by atoms with Crippen molar-refractivity contribution in [2.75, 3.05) is 13.1 Å². The summed E-state index contributed by atoms with van der Waals surface area (Å²) in [5.41, 5.74) is 4.44. The van der Waals surface area contributed by atoms with Crippen molar-refractivity contribution < 1.29 is 13.9 Å². The normalized spacial score (nSPS) is 14.8. The summed E-state index contributed by atoms with van der Waals surface area (Å²) < 4.78 is 18.7. The number of nitrogens with zero attached hydrogens (tertiary/aromatic N) is 4. The van der Waals surface area contributed by atoms with E-state index in [1.54, 1.807) is 31.3 Å². The van der Waals surface area contributed by atoms with E-state index < -0.39 is 0 Å². The largest absolute Gasteiger partial charge is 0.458 e. The van der Waals surface area contributed by atoms with Crippen LogP contribution in [0.1, 0.15) is 35.8 Å². The molecule has 1 aliphatic rings. The Hall–Kier alpha value is -4.96. The van der Waals surface area contributed by atoms with Gasteiger partial charge in [0.05, 0.1) is 11.6 Å². The van der Waals surface area contributed by atoms with Crippen molar-refractivity contribution in [1.82, 2.24) is 25.4 Å². The van der Waals surface area contributed by atoms with Crippen LogP contribution in [0.4, 0.5) is 4.39 Å². The van der Waals surface area contributed by atoms with E-state index in [0.717, 1.165) is 54.7 Å². The number of allylic oxidation sites excluding steroid dienone is 3. The maximum Gasteiger partial charge on any atom is 0.276 e. The zero-order valence-electron chi connectivity index (χ0n) is 23.2. The summed E-state index contributed by atoms with van der Waals surface area (Å²) in [5, 5.41) is 13.9. The predicted octanol–water partition coefficient (Wildman–Crippen LogP) is 6.28. The van der Waals surface area contributed by atoms with Gasteiger partial charge in [-0.2, -0.15) is 10.0 Å². The number of benzene rings is 2. The molecule has 0 atom stereocenters. The molecule has 0 bridgehead atoms. The Bertz CT molecular complexity index is 1650. The van der Waals surface area contributed by atoms with Crippen LogP contribution in [0.15, 0.2) is 102 Å². The van der Waals surface area contributed by atoms with Crippen LogP contribution in [0.5, 0.6) is 5.75 Å². The van der Waals surface area contributed by atoms with Gasteiger partial charge in [0.25, 0.3) is 5.91 Å². The highest BCUT2D eigenvalue weighted by atomic mass is 19.1. The zero-order valence-corrected chi connectivity index (χ0v) is 23.2. The number of fused-ring (bicyclic) bond motifs is 1. The summed E-state index contributed by atoms with van der Waals surface area (Å²) in [6, 6.07) is 13.4. The summed E-state index contributed by atoms with van der Waals surface area (Å²) in [4.78, 5) is 30.8. The average Bonchev–Trinajstić information content (AvgIpc) is 3.44. The van der Waals surface area contributed by atoms with E-state index in [0.29, 0.717) is 22.6 Å². The van der Waals surface area contributed by atoms with Gasteiger partial charge in [0.2, 0.25) is 0 Å². The number of hydrogen-bond donors (Lipinski definition) is 2. The number of aromatic amines is 1. The molecule has 9 nitrogen and oxygen atoms in total. The minimum Gasteiger partial charge on any atom is -0.458 e. The van der Waals surface area contributed by atoms with Gasteiger partial charge < -0.3 is 10.1 Å². The fourth-order valence-corrected chi connectivity index (χ4v) is 4.81. The standard InChI is InChI=1S/C32H31FN6O3/c1-3-26(8-4-21(2)42-28-9-6-25(33)7-10-28)35-32(40)31-29-17-23(5-11-30(29)36-37-31)24-16-22(18-34-19-24)20-39-14-12-27(38-41)13-15-39/h3-11,16-19,27H,2,12-15,20H2,1H3,(H,35,40)(H,36,37)/b8-4-,26-3+. The topological polar surface area (TPSA) is 113 Å². The van der Waals surface area contributed by atoms with Gasteiger partial charge in [-0.1, -0.05) is 23.9 Å². The number of pyridine rings is 1. The average molecular weight is 567 g/mol. The van der Waals surface area contributed by atoms with Crippen LogP contribution >= 0.6 is 0 Å². The van der Waals surface area contributed by atoms with Crippen LogP contribution in [0, 0.1) is 10.7 Å². The Morgan fingerprint density at radius 2 is 1.93 bits per heavy atom. The first-order valence-corrected chi connectivity index (χ1v) is 13.7. The molecule has 1 saturated heterocycles. The number of H-pyrrole nitrogens is 1. The van der Waals surface area contributed by atoms with Crippen molar-refractivity contribution in [2.45, 2.75) is 32.4 Å². The van der Waals surface area contributed by atoms with Gasteiger partial charge in [-0.05, 0) is 85.5 Å². The molecule has 2 N–H and O–H groups in total. The van der Waals surface area contributed by atoms with E-state index in [2.05, 4.69) is 43.2 Å². The lowest BCUT2D eigenvalue weighted by Gasteiger charge is -2.28. The van der Waals surface area contributed by atoms with Gasteiger partial charge in [0.15, 0.2) is 5.69 Å². The van der Waals surface area contributed by atoms with E-state index in [1.807, 2.05) is 24.4 Å².